The number of rotatable bonds is 5. The van der Waals surface area contributed by atoms with E-state index >= 15 is 0 Å². The third-order valence-corrected chi connectivity index (χ3v) is 2.90. The lowest BCUT2D eigenvalue weighted by Gasteiger charge is -2.07. The summed E-state index contributed by atoms with van der Waals surface area (Å²) in [6, 6.07) is 14.0. The molecule has 5 nitrogen and oxygen atoms in total. The fourth-order valence-electron chi connectivity index (χ4n) is 1.74. The van der Waals surface area contributed by atoms with Gasteiger partial charge in [-0.25, -0.2) is 0 Å². The first-order valence-electron chi connectivity index (χ1n) is 6.09. The van der Waals surface area contributed by atoms with Gasteiger partial charge in [-0.1, -0.05) is 12.1 Å². The normalized spacial score (nSPS) is 10.0. The molecular formula is C15H15N3O2. The Morgan fingerprint density at radius 2 is 1.25 bits per heavy atom. The molecule has 2 aromatic carbocycles. The summed E-state index contributed by atoms with van der Waals surface area (Å²) < 4.78 is 0. The molecule has 0 aliphatic heterocycles. The lowest BCUT2D eigenvalue weighted by atomic mass is 10.1. The Hall–Kier alpha value is -2.82. The lowest BCUT2D eigenvalue weighted by Crippen LogP contribution is -2.11. The van der Waals surface area contributed by atoms with Crippen molar-refractivity contribution < 1.29 is 9.59 Å². The fraction of sp³-hybridized carbons (Fsp3) is 0.0667. The quantitative estimate of drug-likeness (QED) is 0.767. The van der Waals surface area contributed by atoms with Crippen molar-refractivity contribution >= 4 is 17.5 Å². The van der Waals surface area contributed by atoms with Crippen LogP contribution in [0, 0.1) is 0 Å². The molecule has 0 radical (unpaired) electrons. The highest BCUT2D eigenvalue weighted by atomic mass is 16.1. The summed E-state index contributed by atoms with van der Waals surface area (Å²) in [6.45, 7) is 0.606. The summed E-state index contributed by atoms with van der Waals surface area (Å²) >= 11 is 0. The van der Waals surface area contributed by atoms with Crippen LogP contribution in [-0.2, 0) is 6.54 Å². The van der Waals surface area contributed by atoms with Crippen molar-refractivity contribution in [2.24, 2.45) is 11.5 Å². The summed E-state index contributed by atoms with van der Waals surface area (Å²) in [6.07, 6.45) is 0. The molecule has 2 amide bonds. The fourth-order valence-corrected chi connectivity index (χ4v) is 1.74. The Bertz CT molecular complexity index is 561. The van der Waals surface area contributed by atoms with Gasteiger partial charge in [0.15, 0.2) is 0 Å². The van der Waals surface area contributed by atoms with Crippen LogP contribution in [0.3, 0.4) is 0 Å². The van der Waals surface area contributed by atoms with Crippen LogP contribution in [0.5, 0.6) is 0 Å². The van der Waals surface area contributed by atoms with Gasteiger partial charge < -0.3 is 16.8 Å². The summed E-state index contributed by atoms with van der Waals surface area (Å²) in [5.41, 5.74) is 13.2. The second kappa shape index (κ2) is 5.88. The number of carbonyl (C=O) groups excluding carboxylic acids is 2. The van der Waals surface area contributed by atoms with E-state index in [0.717, 1.165) is 11.3 Å². The smallest absolute Gasteiger partial charge is 0.248 e. The van der Waals surface area contributed by atoms with Gasteiger partial charge in [0.2, 0.25) is 11.8 Å². The average molecular weight is 269 g/mol. The van der Waals surface area contributed by atoms with Crippen molar-refractivity contribution in [2.45, 2.75) is 6.54 Å². The Morgan fingerprint density at radius 3 is 1.70 bits per heavy atom. The Morgan fingerprint density at radius 1 is 0.800 bits per heavy atom. The lowest BCUT2D eigenvalue weighted by molar-refractivity contribution is 0.0992. The van der Waals surface area contributed by atoms with Crippen LogP contribution in [0.1, 0.15) is 26.3 Å². The molecule has 5 heteroatoms. The van der Waals surface area contributed by atoms with E-state index in [1.54, 1.807) is 36.4 Å². The van der Waals surface area contributed by atoms with E-state index in [2.05, 4.69) is 5.32 Å². The maximum atomic E-state index is 10.9. The molecule has 0 heterocycles. The van der Waals surface area contributed by atoms with Crippen LogP contribution in [0.25, 0.3) is 0 Å². The van der Waals surface area contributed by atoms with Gasteiger partial charge >= 0.3 is 0 Å². The van der Waals surface area contributed by atoms with Crippen LogP contribution >= 0.6 is 0 Å². The van der Waals surface area contributed by atoms with Crippen molar-refractivity contribution in [3.05, 3.63) is 65.2 Å². The molecule has 20 heavy (non-hydrogen) atoms. The zero-order chi connectivity index (χ0) is 14.5. The molecule has 0 fully saturated rings. The minimum absolute atomic E-state index is 0.438. The number of carbonyl (C=O) groups is 2. The molecule has 0 spiro atoms. The maximum absolute atomic E-state index is 10.9. The van der Waals surface area contributed by atoms with E-state index in [1.165, 1.54) is 0 Å². The molecule has 0 saturated carbocycles. The van der Waals surface area contributed by atoms with E-state index < -0.39 is 11.8 Å². The van der Waals surface area contributed by atoms with Crippen LogP contribution in [0.4, 0.5) is 5.69 Å². The third-order valence-electron chi connectivity index (χ3n) is 2.90. The minimum atomic E-state index is -0.446. The van der Waals surface area contributed by atoms with Crippen molar-refractivity contribution in [3.63, 3.8) is 0 Å². The zero-order valence-corrected chi connectivity index (χ0v) is 10.8. The predicted octanol–water partition coefficient (Wildman–Crippen LogP) is 1.50. The van der Waals surface area contributed by atoms with Crippen LogP contribution in [-0.4, -0.2) is 11.8 Å². The Labute approximate surface area is 116 Å². The number of hydrogen-bond donors (Lipinski definition) is 3. The van der Waals surface area contributed by atoms with Gasteiger partial charge in [-0.2, -0.15) is 0 Å². The largest absolute Gasteiger partial charge is 0.381 e. The van der Waals surface area contributed by atoms with E-state index in [1.807, 2.05) is 12.1 Å². The van der Waals surface area contributed by atoms with Gasteiger partial charge in [0.05, 0.1) is 0 Å². The van der Waals surface area contributed by atoms with E-state index in [-0.39, 0.29) is 0 Å². The Balaban J connectivity index is 1.97. The summed E-state index contributed by atoms with van der Waals surface area (Å²) in [5.74, 6) is -0.884. The van der Waals surface area contributed by atoms with E-state index in [9.17, 15) is 9.59 Å². The van der Waals surface area contributed by atoms with Crippen molar-refractivity contribution in [1.82, 2.24) is 0 Å². The van der Waals surface area contributed by atoms with Crippen molar-refractivity contribution in [1.29, 1.82) is 0 Å². The number of primary amides is 2. The van der Waals surface area contributed by atoms with Gasteiger partial charge in [0.1, 0.15) is 0 Å². The van der Waals surface area contributed by atoms with Crippen molar-refractivity contribution in [3.8, 4) is 0 Å². The van der Waals surface area contributed by atoms with Crippen molar-refractivity contribution in [2.75, 3.05) is 5.32 Å². The number of amides is 2. The molecule has 0 aliphatic rings. The number of nitrogens with one attached hydrogen (secondary N) is 1. The van der Waals surface area contributed by atoms with Crippen LogP contribution in [0.15, 0.2) is 48.5 Å². The SMILES string of the molecule is NC(=O)c1ccc(CNc2ccc(C(N)=O)cc2)cc1. The minimum Gasteiger partial charge on any atom is -0.381 e. The van der Waals surface area contributed by atoms with Gasteiger partial charge in [-0.3, -0.25) is 9.59 Å². The maximum Gasteiger partial charge on any atom is 0.248 e. The van der Waals surface area contributed by atoms with Gasteiger partial charge in [-0.05, 0) is 42.0 Å². The van der Waals surface area contributed by atoms with E-state index in [0.29, 0.717) is 17.7 Å². The molecule has 5 N–H and O–H groups in total. The van der Waals surface area contributed by atoms with Crippen LogP contribution in [0.2, 0.25) is 0 Å². The summed E-state index contributed by atoms with van der Waals surface area (Å²) in [5, 5.41) is 3.21. The number of hydrogen-bond acceptors (Lipinski definition) is 3. The zero-order valence-electron chi connectivity index (χ0n) is 10.8. The number of benzene rings is 2. The van der Waals surface area contributed by atoms with Crippen LogP contribution < -0.4 is 16.8 Å². The molecule has 0 bridgehead atoms. The highest BCUT2D eigenvalue weighted by Crippen LogP contribution is 2.11. The first-order chi connectivity index (χ1) is 9.56. The molecule has 0 saturated heterocycles. The first-order valence-corrected chi connectivity index (χ1v) is 6.09. The topological polar surface area (TPSA) is 98.2 Å². The monoisotopic (exact) mass is 269 g/mol. The molecule has 0 atom stereocenters. The van der Waals surface area contributed by atoms with Gasteiger partial charge in [0, 0.05) is 23.4 Å². The van der Waals surface area contributed by atoms with E-state index in [4.69, 9.17) is 11.5 Å². The number of nitrogens with two attached hydrogens (primary N) is 2. The van der Waals surface area contributed by atoms with Gasteiger partial charge in [-0.15, -0.1) is 0 Å². The first kappa shape index (κ1) is 13.6. The molecule has 0 aliphatic carbocycles. The molecule has 102 valence electrons. The predicted molar refractivity (Wildman–Crippen MR) is 77.2 cm³/mol. The average Bonchev–Trinajstić information content (AvgIpc) is 2.46. The molecular weight excluding hydrogens is 254 g/mol. The highest BCUT2D eigenvalue weighted by Gasteiger charge is 2.01. The molecule has 0 aromatic heterocycles. The highest BCUT2D eigenvalue weighted by molar-refractivity contribution is 5.93. The number of anilines is 1. The summed E-state index contributed by atoms with van der Waals surface area (Å²) in [7, 11) is 0. The molecule has 2 rings (SSSR count). The molecule has 0 unspecified atom stereocenters. The van der Waals surface area contributed by atoms with Gasteiger partial charge in [0.25, 0.3) is 0 Å². The standard InChI is InChI=1S/C15H15N3O2/c16-14(19)11-3-1-10(2-4-11)9-18-13-7-5-12(6-8-13)15(17)20/h1-8,18H,9H2,(H2,16,19)(H2,17,20). The molecule has 2 aromatic rings. The second-order valence-electron chi connectivity index (χ2n) is 4.36. The second-order valence-corrected chi connectivity index (χ2v) is 4.36. The Kier molecular flexibility index (Phi) is 4.00. The third kappa shape index (κ3) is 3.35. The summed E-state index contributed by atoms with van der Waals surface area (Å²) in [4.78, 5) is 21.9.